The molecule has 31 heavy (non-hydrogen) atoms. The summed E-state index contributed by atoms with van der Waals surface area (Å²) in [4.78, 5) is 19.0. The maximum atomic E-state index is 12.0. The lowest BCUT2D eigenvalue weighted by molar-refractivity contribution is -0.122. The van der Waals surface area contributed by atoms with Gasteiger partial charge in [0, 0.05) is 36.6 Å². The lowest BCUT2D eigenvalue weighted by Gasteiger charge is -2.32. The second-order valence-electron chi connectivity index (χ2n) is 9.83. The maximum absolute atomic E-state index is 12.0. The second-order valence-corrected chi connectivity index (χ2v) is 9.83. The van der Waals surface area contributed by atoms with Crippen molar-refractivity contribution in [1.29, 1.82) is 0 Å². The molecule has 0 spiro atoms. The van der Waals surface area contributed by atoms with Crippen LogP contribution in [0.15, 0.2) is 30.5 Å². The molecule has 0 radical (unpaired) electrons. The summed E-state index contributed by atoms with van der Waals surface area (Å²) in [5.41, 5.74) is 2.15. The smallest absolute Gasteiger partial charge is 0.220 e. The third kappa shape index (κ3) is 7.49. The van der Waals surface area contributed by atoms with Gasteiger partial charge in [0.05, 0.1) is 0 Å². The van der Waals surface area contributed by atoms with E-state index in [0.29, 0.717) is 6.42 Å². The van der Waals surface area contributed by atoms with Crippen LogP contribution in [0.1, 0.15) is 71.8 Å². The van der Waals surface area contributed by atoms with Crippen LogP contribution in [-0.4, -0.2) is 47.1 Å². The maximum Gasteiger partial charge on any atom is 0.220 e. The second kappa shape index (κ2) is 10.9. The molecule has 1 aliphatic rings. The number of nitrogens with zero attached hydrogens (tertiary/aromatic N) is 2. The van der Waals surface area contributed by atoms with Crippen molar-refractivity contribution in [3.8, 4) is 5.75 Å². The van der Waals surface area contributed by atoms with Gasteiger partial charge < -0.3 is 15.0 Å². The van der Waals surface area contributed by atoms with Crippen molar-refractivity contribution in [2.75, 3.05) is 19.6 Å². The number of carbonyl (C=O) groups is 1. The molecule has 0 aliphatic carbocycles. The first kappa shape index (κ1) is 23.5. The summed E-state index contributed by atoms with van der Waals surface area (Å²) < 4.78 is 6.48. The van der Waals surface area contributed by atoms with Gasteiger partial charge in [0.15, 0.2) is 0 Å². The van der Waals surface area contributed by atoms with Gasteiger partial charge in [-0.15, -0.1) is 0 Å². The van der Waals surface area contributed by atoms with E-state index in [2.05, 4.69) is 40.3 Å². The number of hydrogen-bond acceptors (Lipinski definition) is 4. The minimum atomic E-state index is -0.153. The average molecular weight is 426 g/mol. The summed E-state index contributed by atoms with van der Waals surface area (Å²) in [7, 11) is 0. The third-order valence-corrected chi connectivity index (χ3v) is 5.77. The first-order chi connectivity index (χ1) is 14.8. The Morgan fingerprint density at radius 3 is 2.71 bits per heavy atom. The van der Waals surface area contributed by atoms with Crippen LogP contribution in [0.3, 0.4) is 0 Å². The van der Waals surface area contributed by atoms with Crippen molar-refractivity contribution in [1.82, 2.24) is 15.2 Å². The zero-order valence-corrected chi connectivity index (χ0v) is 19.7. The molecule has 170 valence electrons. The van der Waals surface area contributed by atoms with Crippen molar-refractivity contribution in [2.45, 2.75) is 84.3 Å². The van der Waals surface area contributed by atoms with Gasteiger partial charge >= 0.3 is 0 Å². The molecule has 1 aromatic heterocycles. The van der Waals surface area contributed by atoms with Crippen LogP contribution >= 0.6 is 0 Å². The number of nitrogens with one attached hydrogen (secondary N) is 1. The normalized spacial score (nSPS) is 15.9. The van der Waals surface area contributed by atoms with E-state index in [0.717, 1.165) is 62.0 Å². The molecule has 0 saturated carbocycles. The van der Waals surface area contributed by atoms with E-state index in [1.807, 2.05) is 33.0 Å². The van der Waals surface area contributed by atoms with Crippen LogP contribution in [0.5, 0.6) is 5.75 Å². The highest BCUT2D eigenvalue weighted by Crippen LogP contribution is 2.29. The Balaban J connectivity index is 1.50. The van der Waals surface area contributed by atoms with E-state index in [1.165, 1.54) is 18.4 Å². The first-order valence-electron chi connectivity index (χ1n) is 11.9. The molecule has 0 unspecified atom stereocenters. The van der Waals surface area contributed by atoms with Crippen LogP contribution in [0.4, 0.5) is 0 Å². The van der Waals surface area contributed by atoms with Gasteiger partial charge in [-0.1, -0.05) is 19.4 Å². The number of aryl methyl sites for hydroxylation is 1. The van der Waals surface area contributed by atoms with Crippen LogP contribution in [0, 0.1) is 0 Å². The van der Waals surface area contributed by atoms with Crippen molar-refractivity contribution in [2.24, 2.45) is 0 Å². The van der Waals surface area contributed by atoms with Gasteiger partial charge in [0.2, 0.25) is 5.91 Å². The van der Waals surface area contributed by atoms with E-state index in [-0.39, 0.29) is 17.6 Å². The van der Waals surface area contributed by atoms with Gasteiger partial charge in [-0.3, -0.25) is 9.78 Å². The highest BCUT2D eigenvalue weighted by molar-refractivity contribution is 5.85. The van der Waals surface area contributed by atoms with E-state index in [1.54, 1.807) is 0 Å². The standard InChI is InChI=1S/C26H39N3O2/c1-5-6-9-20-18-21-10-7-14-27-25(21)23(19-20)31-22-12-16-29(17-13-22)15-8-11-24(30)28-26(2,3)4/h7,10,14,18-19,22H,5-6,8-9,11-13,15-17H2,1-4H3,(H,28,30). The molecule has 1 saturated heterocycles. The number of benzene rings is 1. The molecular weight excluding hydrogens is 386 g/mol. The Morgan fingerprint density at radius 1 is 1.23 bits per heavy atom. The number of piperidine rings is 1. The zero-order valence-electron chi connectivity index (χ0n) is 19.7. The monoisotopic (exact) mass is 425 g/mol. The molecule has 1 aromatic carbocycles. The Morgan fingerprint density at radius 2 is 2.00 bits per heavy atom. The highest BCUT2D eigenvalue weighted by atomic mass is 16.5. The summed E-state index contributed by atoms with van der Waals surface area (Å²) in [6, 6.07) is 8.58. The van der Waals surface area contributed by atoms with Crippen molar-refractivity contribution in [3.05, 3.63) is 36.0 Å². The summed E-state index contributed by atoms with van der Waals surface area (Å²) in [5.74, 6) is 1.08. The predicted octanol–water partition coefficient (Wildman–Crippen LogP) is 5.12. The van der Waals surface area contributed by atoms with E-state index < -0.39 is 0 Å². The number of aromatic nitrogens is 1. The minimum Gasteiger partial charge on any atom is -0.488 e. The largest absolute Gasteiger partial charge is 0.488 e. The molecule has 2 aromatic rings. The van der Waals surface area contributed by atoms with Crippen molar-refractivity contribution in [3.63, 3.8) is 0 Å². The van der Waals surface area contributed by atoms with Crippen LogP contribution in [0.2, 0.25) is 0 Å². The van der Waals surface area contributed by atoms with Gasteiger partial charge in [0.1, 0.15) is 17.4 Å². The number of ether oxygens (including phenoxy) is 1. The molecule has 0 bridgehead atoms. The Hall–Kier alpha value is -2.14. The number of amides is 1. The fourth-order valence-electron chi connectivity index (χ4n) is 4.21. The summed E-state index contributed by atoms with van der Waals surface area (Å²) >= 11 is 0. The lowest BCUT2D eigenvalue weighted by atomic mass is 10.0. The van der Waals surface area contributed by atoms with Crippen LogP contribution in [0.25, 0.3) is 10.9 Å². The fraction of sp³-hybridized carbons (Fsp3) is 0.615. The summed E-state index contributed by atoms with van der Waals surface area (Å²) in [6.45, 7) is 11.3. The van der Waals surface area contributed by atoms with E-state index >= 15 is 0 Å². The number of hydrogen-bond donors (Lipinski definition) is 1. The summed E-state index contributed by atoms with van der Waals surface area (Å²) in [6.07, 6.45) is 9.07. The molecular formula is C26H39N3O2. The molecule has 1 N–H and O–H groups in total. The zero-order chi connectivity index (χ0) is 22.3. The fourth-order valence-corrected chi connectivity index (χ4v) is 4.21. The molecule has 1 aliphatic heterocycles. The Labute approximate surface area is 187 Å². The van der Waals surface area contributed by atoms with Gasteiger partial charge in [-0.05, 0) is 83.2 Å². The molecule has 0 atom stereocenters. The van der Waals surface area contributed by atoms with Crippen LogP contribution < -0.4 is 10.1 Å². The van der Waals surface area contributed by atoms with Gasteiger partial charge in [0.25, 0.3) is 0 Å². The molecule has 3 rings (SSSR count). The van der Waals surface area contributed by atoms with E-state index in [4.69, 9.17) is 4.74 Å². The first-order valence-corrected chi connectivity index (χ1v) is 11.9. The van der Waals surface area contributed by atoms with Gasteiger partial charge in [-0.25, -0.2) is 0 Å². The predicted molar refractivity (Wildman–Crippen MR) is 128 cm³/mol. The number of rotatable bonds is 9. The quantitative estimate of drug-likeness (QED) is 0.606. The highest BCUT2D eigenvalue weighted by Gasteiger charge is 2.22. The average Bonchev–Trinajstić information content (AvgIpc) is 2.72. The topological polar surface area (TPSA) is 54.5 Å². The molecule has 1 fully saturated rings. The third-order valence-electron chi connectivity index (χ3n) is 5.77. The molecule has 5 nitrogen and oxygen atoms in total. The van der Waals surface area contributed by atoms with Crippen molar-refractivity contribution >= 4 is 16.8 Å². The van der Waals surface area contributed by atoms with Crippen molar-refractivity contribution < 1.29 is 9.53 Å². The Bertz CT molecular complexity index is 851. The summed E-state index contributed by atoms with van der Waals surface area (Å²) in [5, 5.41) is 4.20. The number of likely N-dealkylation sites (tertiary alicyclic amines) is 1. The molecule has 1 amide bonds. The van der Waals surface area contributed by atoms with Gasteiger partial charge in [-0.2, -0.15) is 0 Å². The number of fused-ring (bicyclic) bond motifs is 1. The molecule has 5 heteroatoms. The number of unbranched alkanes of at least 4 members (excludes halogenated alkanes) is 1. The van der Waals surface area contributed by atoms with E-state index in [9.17, 15) is 4.79 Å². The van der Waals surface area contributed by atoms with Crippen LogP contribution in [-0.2, 0) is 11.2 Å². The Kier molecular flexibility index (Phi) is 8.30. The lowest BCUT2D eigenvalue weighted by Crippen LogP contribution is -2.41. The minimum absolute atomic E-state index is 0.146. The number of carbonyl (C=O) groups excluding carboxylic acids is 1. The number of pyridine rings is 1. The SMILES string of the molecule is CCCCc1cc(OC2CCN(CCCC(=O)NC(C)(C)C)CC2)c2ncccc2c1. The molecule has 2 heterocycles.